The molecule has 7 nitrogen and oxygen atoms in total. The van der Waals surface area contributed by atoms with Gasteiger partial charge in [0.2, 0.25) is 17.6 Å². The molecule has 2 amide bonds. The molecule has 0 aliphatic heterocycles. The minimum absolute atomic E-state index is 0.171. The van der Waals surface area contributed by atoms with Gasteiger partial charge < -0.3 is 15.4 Å². The van der Waals surface area contributed by atoms with Gasteiger partial charge in [-0.2, -0.15) is 0 Å². The number of rotatable bonds is 8. The van der Waals surface area contributed by atoms with Crippen molar-refractivity contribution in [2.75, 3.05) is 17.2 Å². The van der Waals surface area contributed by atoms with E-state index in [1.807, 2.05) is 30.3 Å². The van der Waals surface area contributed by atoms with Gasteiger partial charge in [-0.25, -0.2) is 4.79 Å². The second kappa shape index (κ2) is 10.8. The highest BCUT2D eigenvalue weighted by Crippen LogP contribution is 2.22. The van der Waals surface area contributed by atoms with Crippen molar-refractivity contribution in [1.29, 1.82) is 0 Å². The monoisotopic (exact) mass is 412 g/mol. The van der Waals surface area contributed by atoms with Gasteiger partial charge in [-0.15, -0.1) is 0 Å². The third-order valence-electron chi connectivity index (χ3n) is 3.45. The van der Waals surface area contributed by atoms with Crippen LogP contribution in [0.2, 0.25) is 0 Å². The molecule has 2 aromatic rings. The van der Waals surface area contributed by atoms with Crippen LogP contribution in [0.15, 0.2) is 64.9 Å². The lowest BCUT2D eigenvalue weighted by atomic mass is 10.1. The number of esters is 1. The molecule has 2 rings (SSSR count). The van der Waals surface area contributed by atoms with Crippen molar-refractivity contribution in [3.8, 4) is 0 Å². The van der Waals surface area contributed by atoms with Crippen molar-refractivity contribution in [3.05, 3.63) is 65.6 Å². The summed E-state index contributed by atoms with van der Waals surface area (Å²) in [6, 6.07) is 13.9. The molecular weight excluding hydrogens is 392 g/mol. The fraction of sp³-hybridized carbons (Fsp3) is 0.143. The van der Waals surface area contributed by atoms with E-state index < -0.39 is 18.4 Å². The first-order chi connectivity index (χ1) is 13.8. The van der Waals surface area contributed by atoms with E-state index >= 15 is 0 Å². The zero-order chi connectivity index (χ0) is 21.2. The number of benzene rings is 2. The van der Waals surface area contributed by atoms with E-state index in [-0.39, 0.29) is 23.1 Å². The van der Waals surface area contributed by atoms with Gasteiger partial charge in [0.1, 0.15) is 0 Å². The lowest BCUT2D eigenvalue weighted by Crippen LogP contribution is -2.17. The zero-order valence-corrected chi connectivity index (χ0v) is 16.7. The van der Waals surface area contributed by atoms with Crippen molar-refractivity contribution in [1.82, 2.24) is 0 Å². The van der Waals surface area contributed by atoms with Gasteiger partial charge in [0.25, 0.3) is 0 Å². The highest BCUT2D eigenvalue weighted by Gasteiger charge is 2.15. The molecule has 0 unspecified atom stereocenters. The van der Waals surface area contributed by atoms with Gasteiger partial charge in [0.05, 0.1) is 5.69 Å². The van der Waals surface area contributed by atoms with E-state index in [2.05, 4.69) is 10.6 Å². The molecule has 0 spiro atoms. The molecule has 0 saturated heterocycles. The van der Waals surface area contributed by atoms with E-state index in [9.17, 15) is 19.2 Å². The molecule has 0 saturated carbocycles. The highest BCUT2D eigenvalue weighted by atomic mass is 32.2. The third kappa shape index (κ3) is 7.63. The Morgan fingerprint density at radius 2 is 1.66 bits per heavy atom. The lowest BCUT2D eigenvalue weighted by molar-refractivity contribution is -0.136. The second-order valence-corrected chi connectivity index (χ2v) is 6.87. The van der Waals surface area contributed by atoms with Crippen LogP contribution in [0.1, 0.15) is 24.2 Å². The maximum atomic E-state index is 12.4. The maximum absolute atomic E-state index is 12.4. The molecule has 0 radical (unpaired) electrons. The van der Waals surface area contributed by atoms with Crippen LogP contribution in [-0.2, 0) is 19.1 Å². The molecule has 2 aromatic carbocycles. The Morgan fingerprint density at radius 1 is 0.966 bits per heavy atom. The lowest BCUT2D eigenvalue weighted by Gasteiger charge is -2.12. The molecule has 150 valence electrons. The van der Waals surface area contributed by atoms with E-state index in [0.29, 0.717) is 5.69 Å². The Kier molecular flexibility index (Phi) is 8.17. The van der Waals surface area contributed by atoms with E-state index in [0.717, 1.165) is 4.90 Å². The standard InChI is InChI=1S/C21H20N2O5S/c1-14(24)22-16-8-9-18(19(12-16)23-15(2)25)20(26)13-28-21(27)10-11-29-17-6-4-3-5-7-17/h3-12H,13H2,1-2H3,(H,22,24)(H,23,25)/b11-10+. The summed E-state index contributed by atoms with van der Waals surface area (Å²) in [7, 11) is 0. The largest absolute Gasteiger partial charge is 0.454 e. The summed E-state index contributed by atoms with van der Waals surface area (Å²) in [4.78, 5) is 47.8. The summed E-state index contributed by atoms with van der Waals surface area (Å²) in [5, 5.41) is 6.69. The van der Waals surface area contributed by atoms with Crippen LogP contribution in [0.3, 0.4) is 0 Å². The molecule has 29 heavy (non-hydrogen) atoms. The number of ether oxygens (including phenoxy) is 1. The van der Waals surface area contributed by atoms with Gasteiger partial charge in [-0.05, 0) is 35.7 Å². The number of amides is 2. The molecule has 0 heterocycles. The number of hydrogen-bond acceptors (Lipinski definition) is 6. The van der Waals surface area contributed by atoms with E-state index in [4.69, 9.17) is 4.74 Å². The predicted molar refractivity (Wildman–Crippen MR) is 112 cm³/mol. The Labute approximate surface area is 172 Å². The Morgan fingerprint density at radius 3 is 2.31 bits per heavy atom. The van der Waals surface area contributed by atoms with E-state index in [1.54, 1.807) is 5.41 Å². The number of thioether (sulfide) groups is 1. The van der Waals surface area contributed by atoms with Gasteiger partial charge in [-0.3, -0.25) is 14.4 Å². The average molecular weight is 412 g/mol. The summed E-state index contributed by atoms with van der Waals surface area (Å²) in [5.41, 5.74) is 0.820. The van der Waals surface area contributed by atoms with Crippen LogP contribution in [-0.4, -0.2) is 30.2 Å². The molecular formula is C21H20N2O5S. The molecule has 2 N–H and O–H groups in total. The van der Waals surface area contributed by atoms with Gasteiger partial charge in [0.15, 0.2) is 6.61 Å². The number of carbonyl (C=O) groups excluding carboxylic acids is 4. The molecule has 0 fully saturated rings. The summed E-state index contributed by atoms with van der Waals surface area (Å²) in [6.45, 7) is 2.17. The summed E-state index contributed by atoms with van der Waals surface area (Å²) < 4.78 is 4.98. The zero-order valence-electron chi connectivity index (χ0n) is 15.9. The van der Waals surface area contributed by atoms with Crippen LogP contribution < -0.4 is 10.6 Å². The first kappa shape index (κ1) is 21.9. The second-order valence-electron chi connectivity index (χ2n) is 5.89. The normalized spacial score (nSPS) is 10.4. The number of ketones is 1. The molecule has 0 aliphatic rings. The molecule has 0 bridgehead atoms. The molecule has 0 aliphatic carbocycles. The van der Waals surface area contributed by atoms with Crippen molar-refractivity contribution >= 4 is 46.7 Å². The summed E-state index contributed by atoms with van der Waals surface area (Å²) in [6.07, 6.45) is 1.24. The van der Waals surface area contributed by atoms with Crippen LogP contribution >= 0.6 is 11.8 Å². The van der Waals surface area contributed by atoms with Gasteiger partial charge in [-0.1, -0.05) is 30.0 Å². The van der Waals surface area contributed by atoms with E-state index in [1.165, 1.54) is 49.9 Å². The topological polar surface area (TPSA) is 102 Å². The number of carbonyl (C=O) groups is 4. The van der Waals surface area contributed by atoms with Crippen molar-refractivity contribution < 1.29 is 23.9 Å². The SMILES string of the molecule is CC(=O)Nc1ccc(C(=O)COC(=O)/C=C/Sc2ccccc2)c(NC(C)=O)c1. The average Bonchev–Trinajstić information content (AvgIpc) is 2.66. The van der Waals surface area contributed by atoms with Crippen molar-refractivity contribution in [2.24, 2.45) is 0 Å². The quantitative estimate of drug-likeness (QED) is 0.297. The fourth-order valence-corrected chi connectivity index (χ4v) is 2.94. The predicted octanol–water partition coefficient (Wildman–Crippen LogP) is 3.64. The minimum atomic E-state index is -0.655. The highest BCUT2D eigenvalue weighted by molar-refractivity contribution is 8.02. The first-order valence-electron chi connectivity index (χ1n) is 8.62. The Bertz CT molecular complexity index is 941. The maximum Gasteiger partial charge on any atom is 0.331 e. The van der Waals surface area contributed by atoms with Crippen LogP contribution in [0.25, 0.3) is 0 Å². The fourth-order valence-electron chi connectivity index (χ4n) is 2.29. The third-order valence-corrected chi connectivity index (χ3v) is 4.26. The van der Waals surface area contributed by atoms with Crippen LogP contribution in [0, 0.1) is 0 Å². The molecule has 0 aromatic heterocycles. The molecule has 8 heteroatoms. The molecule has 0 atom stereocenters. The van der Waals surface area contributed by atoms with Gasteiger partial charge in [0, 0.05) is 36.1 Å². The Hall–Kier alpha value is -3.39. The van der Waals surface area contributed by atoms with Crippen molar-refractivity contribution in [3.63, 3.8) is 0 Å². The van der Waals surface area contributed by atoms with Crippen LogP contribution in [0.4, 0.5) is 11.4 Å². The number of hydrogen-bond donors (Lipinski definition) is 2. The number of anilines is 2. The smallest absolute Gasteiger partial charge is 0.331 e. The summed E-state index contributed by atoms with van der Waals surface area (Å²) in [5.74, 6) is -1.80. The number of Topliss-reactive ketones (excluding diaryl/α,β-unsaturated/α-hetero) is 1. The van der Waals surface area contributed by atoms with Crippen LogP contribution in [0.5, 0.6) is 0 Å². The first-order valence-corrected chi connectivity index (χ1v) is 9.50. The summed E-state index contributed by atoms with van der Waals surface area (Å²) >= 11 is 1.35. The van der Waals surface area contributed by atoms with Gasteiger partial charge >= 0.3 is 5.97 Å². The minimum Gasteiger partial charge on any atom is -0.454 e. The number of nitrogens with one attached hydrogen (secondary N) is 2. The van der Waals surface area contributed by atoms with Crippen molar-refractivity contribution in [2.45, 2.75) is 18.7 Å². The Balaban J connectivity index is 1.98.